The number of carbonyl (C=O) groups is 1. The zero-order valence-electron chi connectivity index (χ0n) is 13.6. The molecule has 0 aliphatic carbocycles. The van der Waals surface area contributed by atoms with Crippen LogP contribution < -0.4 is 4.74 Å². The number of ether oxygens (including phenoxy) is 1. The molecule has 0 N–H and O–H groups in total. The molecule has 0 atom stereocenters. The molecule has 2 nitrogen and oxygen atoms in total. The monoisotopic (exact) mass is 368 g/mol. The van der Waals surface area contributed by atoms with Crippen LogP contribution in [0.3, 0.4) is 0 Å². The van der Waals surface area contributed by atoms with Crippen LogP contribution in [0.15, 0.2) is 24.3 Å². The fourth-order valence-electron chi connectivity index (χ4n) is 2.44. The predicted molar refractivity (Wildman–Crippen MR) is 97.3 cm³/mol. The van der Waals surface area contributed by atoms with E-state index in [1.54, 1.807) is 12.1 Å². The summed E-state index contributed by atoms with van der Waals surface area (Å²) in [7, 11) is 0. The zero-order chi connectivity index (χ0) is 15.9. The highest BCUT2D eigenvalue weighted by atomic mass is 79.9. The molecular formula is C19H29BrO2. The molecule has 1 aromatic carbocycles. The largest absolute Gasteiger partial charge is 0.494 e. The maximum atomic E-state index is 10.5. The highest BCUT2D eigenvalue weighted by molar-refractivity contribution is 9.09. The summed E-state index contributed by atoms with van der Waals surface area (Å²) < 4.78 is 5.67. The third-order valence-electron chi connectivity index (χ3n) is 3.81. The molecule has 0 fully saturated rings. The van der Waals surface area contributed by atoms with Crippen LogP contribution in [0.4, 0.5) is 0 Å². The topological polar surface area (TPSA) is 26.3 Å². The zero-order valence-corrected chi connectivity index (χ0v) is 15.2. The minimum atomic E-state index is 0.694. The van der Waals surface area contributed by atoms with Gasteiger partial charge in [0.1, 0.15) is 12.0 Å². The van der Waals surface area contributed by atoms with Crippen LogP contribution in [-0.2, 0) is 0 Å². The predicted octanol–water partition coefficient (Wildman–Crippen LogP) is 6.17. The van der Waals surface area contributed by atoms with Crippen molar-refractivity contribution in [1.82, 2.24) is 0 Å². The molecule has 0 aromatic heterocycles. The molecule has 0 bridgehead atoms. The summed E-state index contributed by atoms with van der Waals surface area (Å²) in [6.07, 6.45) is 14.1. The molecule has 0 spiro atoms. The number of benzene rings is 1. The number of hydrogen-bond acceptors (Lipinski definition) is 2. The lowest BCUT2D eigenvalue weighted by Crippen LogP contribution is -1.97. The first kappa shape index (κ1) is 19.2. The second-order valence-corrected chi connectivity index (χ2v) is 6.55. The van der Waals surface area contributed by atoms with Gasteiger partial charge in [0.05, 0.1) is 6.61 Å². The standard InChI is InChI=1S/C19H29BrO2/c20-15-9-7-5-3-1-2-4-6-8-10-16-22-19-13-11-18(17-21)12-14-19/h11-14,17H,1-10,15-16H2. The van der Waals surface area contributed by atoms with Crippen LogP contribution in [0, 0.1) is 0 Å². The first-order valence-corrected chi connectivity index (χ1v) is 9.73. The van der Waals surface area contributed by atoms with Gasteiger partial charge in [0, 0.05) is 10.9 Å². The Labute approximate surface area is 143 Å². The minimum Gasteiger partial charge on any atom is -0.494 e. The summed E-state index contributed by atoms with van der Waals surface area (Å²) >= 11 is 3.47. The van der Waals surface area contributed by atoms with Crippen LogP contribution >= 0.6 is 15.9 Å². The van der Waals surface area contributed by atoms with Crippen LogP contribution in [0.25, 0.3) is 0 Å². The highest BCUT2D eigenvalue weighted by Crippen LogP contribution is 2.13. The summed E-state index contributed by atoms with van der Waals surface area (Å²) in [5, 5.41) is 1.15. The fraction of sp³-hybridized carbons (Fsp3) is 0.632. The van der Waals surface area contributed by atoms with Crippen molar-refractivity contribution in [2.24, 2.45) is 0 Å². The summed E-state index contributed by atoms with van der Waals surface area (Å²) in [4.78, 5) is 10.5. The normalized spacial score (nSPS) is 10.6. The Kier molecular flexibility index (Phi) is 12.1. The lowest BCUT2D eigenvalue weighted by molar-refractivity contribution is 0.112. The van der Waals surface area contributed by atoms with E-state index in [1.807, 2.05) is 12.1 Å². The third kappa shape index (κ3) is 9.99. The van der Waals surface area contributed by atoms with E-state index in [0.29, 0.717) is 5.56 Å². The van der Waals surface area contributed by atoms with Gasteiger partial charge in [0.15, 0.2) is 0 Å². The van der Waals surface area contributed by atoms with Gasteiger partial charge in [-0.1, -0.05) is 67.3 Å². The number of halogens is 1. The molecule has 124 valence electrons. The van der Waals surface area contributed by atoms with Gasteiger partial charge >= 0.3 is 0 Å². The molecule has 0 aliphatic heterocycles. The van der Waals surface area contributed by atoms with E-state index in [1.165, 1.54) is 57.8 Å². The van der Waals surface area contributed by atoms with Crippen molar-refractivity contribution in [3.05, 3.63) is 29.8 Å². The summed E-state index contributed by atoms with van der Waals surface area (Å²) in [6.45, 7) is 0.771. The Hall–Kier alpha value is -0.830. The molecule has 3 heteroatoms. The average Bonchev–Trinajstić information content (AvgIpc) is 2.56. The molecule has 0 radical (unpaired) electrons. The van der Waals surface area contributed by atoms with Gasteiger partial charge in [-0.25, -0.2) is 0 Å². The number of carbonyl (C=O) groups excluding carboxylic acids is 1. The van der Waals surface area contributed by atoms with Crippen LogP contribution in [-0.4, -0.2) is 18.2 Å². The van der Waals surface area contributed by atoms with Crippen molar-refractivity contribution in [3.8, 4) is 5.75 Å². The molecule has 0 unspecified atom stereocenters. The molecule has 0 heterocycles. The third-order valence-corrected chi connectivity index (χ3v) is 4.37. The number of hydrogen-bond donors (Lipinski definition) is 0. The first-order valence-electron chi connectivity index (χ1n) is 8.61. The van der Waals surface area contributed by atoms with Crippen molar-refractivity contribution in [2.45, 2.75) is 64.2 Å². The maximum absolute atomic E-state index is 10.5. The molecule has 22 heavy (non-hydrogen) atoms. The first-order chi connectivity index (χ1) is 10.9. The van der Waals surface area contributed by atoms with Gasteiger partial charge in [-0.2, -0.15) is 0 Å². The van der Waals surface area contributed by atoms with Crippen LogP contribution in [0.5, 0.6) is 5.75 Å². The SMILES string of the molecule is O=Cc1ccc(OCCCCCCCCCCCCBr)cc1. The molecule has 0 aliphatic rings. The van der Waals surface area contributed by atoms with Crippen molar-refractivity contribution in [1.29, 1.82) is 0 Å². The van der Waals surface area contributed by atoms with E-state index in [0.717, 1.165) is 30.4 Å². The van der Waals surface area contributed by atoms with Crippen molar-refractivity contribution < 1.29 is 9.53 Å². The van der Waals surface area contributed by atoms with Gasteiger partial charge in [0.2, 0.25) is 0 Å². The smallest absolute Gasteiger partial charge is 0.150 e. The van der Waals surface area contributed by atoms with Crippen molar-refractivity contribution >= 4 is 22.2 Å². The molecular weight excluding hydrogens is 340 g/mol. The molecule has 1 aromatic rings. The summed E-state index contributed by atoms with van der Waals surface area (Å²) in [5.74, 6) is 0.856. The lowest BCUT2D eigenvalue weighted by Gasteiger charge is -2.06. The van der Waals surface area contributed by atoms with E-state index < -0.39 is 0 Å². The Morgan fingerprint density at radius 1 is 0.773 bits per heavy atom. The maximum Gasteiger partial charge on any atom is 0.150 e. The van der Waals surface area contributed by atoms with Crippen LogP contribution in [0.1, 0.15) is 74.6 Å². The number of rotatable bonds is 14. The van der Waals surface area contributed by atoms with Gasteiger partial charge in [-0.15, -0.1) is 0 Å². The van der Waals surface area contributed by atoms with E-state index in [9.17, 15) is 4.79 Å². The van der Waals surface area contributed by atoms with E-state index >= 15 is 0 Å². The fourth-order valence-corrected chi connectivity index (χ4v) is 2.84. The molecule has 1 rings (SSSR count). The second-order valence-electron chi connectivity index (χ2n) is 5.76. The molecule has 0 saturated heterocycles. The van der Waals surface area contributed by atoms with Gasteiger partial charge in [-0.3, -0.25) is 4.79 Å². The van der Waals surface area contributed by atoms with E-state index in [2.05, 4.69) is 15.9 Å². The quantitative estimate of drug-likeness (QED) is 0.223. The Balaban J connectivity index is 1.86. The van der Waals surface area contributed by atoms with E-state index in [4.69, 9.17) is 4.74 Å². The Bertz CT molecular complexity index is 376. The summed E-state index contributed by atoms with van der Waals surface area (Å²) in [6, 6.07) is 7.30. The molecule has 0 saturated carbocycles. The van der Waals surface area contributed by atoms with E-state index in [-0.39, 0.29) is 0 Å². The van der Waals surface area contributed by atoms with Crippen molar-refractivity contribution in [3.63, 3.8) is 0 Å². The summed E-state index contributed by atoms with van der Waals surface area (Å²) in [5.41, 5.74) is 0.694. The Morgan fingerprint density at radius 2 is 1.27 bits per heavy atom. The molecule has 0 amide bonds. The van der Waals surface area contributed by atoms with Crippen molar-refractivity contribution in [2.75, 3.05) is 11.9 Å². The highest BCUT2D eigenvalue weighted by Gasteiger charge is 1.96. The minimum absolute atomic E-state index is 0.694. The van der Waals surface area contributed by atoms with Gasteiger partial charge in [0.25, 0.3) is 0 Å². The lowest BCUT2D eigenvalue weighted by atomic mass is 10.1. The van der Waals surface area contributed by atoms with Gasteiger partial charge < -0.3 is 4.74 Å². The Morgan fingerprint density at radius 3 is 1.77 bits per heavy atom. The van der Waals surface area contributed by atoms with Gasteiger partial charge in [-0.05, 0) is 37.1 Å². The van der Waals surface area contributed by atoms with Crippen LogP contribution in [0.2, 0.25) is 0 Å². The number of alkyl halides is 1. The second kappa shape index (κ2) is 13.8. The number of unbranched alkanes of at least 4 members (excludes halogenated alkanes) is 9. The average molecular weight is 369 g/mol. The number of aldehydes is 1.